The van der Waals surface area contributed by atoms with Crippen LogP contribution in [0.25, 0.3) is 10.9 Å². The number of pyridine rings is 1. The van der Waals surface area contributed by atoms with Crippen LogP contribution in [0.5, 0.6) is 5.75 Å². The van der Waals surface area contributed by atoms with Gasteiger partial charge < -0.3 is 9.72 Å². The molecule has 0 fully saturated rings. The highest BCUT2D eigenvalue weighted by molar-refractivity contribution is 5.80. The fourth-order valence-electron chi connectivity index (χ4n) is 4.63. The zero-order valence-electron chi connectivity index (χ0n) is 22.0. The Morgan fingerprint density at radius 2 is 1.81 bits per heavy atom. The number of nitrogens with zero attached hydrogens (tertiary/aromatic N) is 5. The van der Waals surface area contributed by atoms with Crippen LogP contribution in [0, 0.1) is 5.92 Å². The number of aromatic nitrogens is 5. The summed E-state index contributed by atoms with van der Waals surface area (Å²) < 4.78 is 7.58. The van der Waals surface area contributed by atoms with E-state index in [1.807, 2.05) is 54.1 Å². The first-order valence-electron chi connectivity index (χ1n) is 12.5. The molecule has 36 heavy (non-hydrogen) atoms. The Morgan fingerprint density at radius 3 is 2.47 bits per heavy atom. The summed E-state index contributed by atoms with van der Waals surface area (Å²) in [5.74, 6) is 1.78. The molecule has 0 radical (unpaired) electrons. The summed E-state index contributed by atoms with van der Waals surface area (Å²) >= 11 is 0. The van der Waals surface area contributed by atoms with E-state index >= 15 is 0 Å². The number of benzene rings is 2. The molecule has 4 rings (SSSR count). The predicted octanol–water partition coefficient (Wildman–Crippen LogP) is 5.07. The van der Waals surface area contributed by atoms with Gasteiger partial charge in [-0.25, -0.2) is 4.68 Å². The molecule has 2 aromatic carbocycles. The molecule has 0 bridgehead atoms. The van der Waals surface area contributed by atoms with E-state index in [1.165, 1.54) is 0 Å². The maximum Gasteiger partial charge on any atom is 0.252 e. The van der Waals surface area contributed by atoms with Gasteiger partial charge in [-0.1, -0.05) is 44.2 Å². The molecule has 1 atom stereocenters. The molecule has 0 spiro atoms. The lowest BCUT2D eigenvalue weighted by Gasteiger charge is -2.35. The van der Waals surface area contributed by atoms with Gasteiger partial charge in [0.05, 0.1) is 18.2 Å². The van der Waals surface area contributed by atoms with Crippen LogP contribution in [-0.4, -0.2) is 36.7 Å². The molecule has 0 saturated carbocycles. The van der Waals surface area contributed by atoms with Crippen molar-refractivity contribution in [2.45, 2.75) is 66.2 Å². The van der Waals surface area contributed by atoms with E-state index in [-0.39, 0.29) is 23.1 Å². The van der Waals surface area contributed by atoms with Gasteiger partial charge >= 0.3 is 0 Å². The van der Waals surface area contributed by atoms with Crippen molar-refractivity contribution in [1.82, 2.24) is 30.1 Å². The summed E-state index contributed by atoms with van der Waals surface area (Å²) in [7, 11) is 0. The zero-order chi connectivity index (χ0) is 25.9. The average molecular weight is 489 g/mol. The van der Waals surface area contributed by atoms with Gasteiger partial charge in [-0.2, -0.15) is 0 Å². The van der Waals surface area contributed by atoms with Crippen molar-refractivity contribution in [2.24, 2.45) is 5.92 Å². The normalized spacial score (nSPS) is 13.0. The minimum atomic E-state index is -0.277. The Morgan fingerprint density at radius 1 is 1.06 bits per heavy atom. The largest absolute Gasteiger partial charge is 0.494 e. The van der Waals surface area contributed by atoms with Crippen LogP contribution in [0.2, 0.25) is 0 Å². The van der Waals surface area contributed by atoms with Crippen LogP contribution in [0.4, 0.5) is 0 Å². The first-order valence-corrected chi connectivity index (χ1v) is 12.5. The van der Waals surface area contributed by atoms with Gasteiger partial charge in [0.15, 0.2) is 5.82 Å². The highest BCUT2D eigenvalue weighted by atomic mass is 16.5. The van der Waals surface area contributed by atoms with E-state index in [1.54, 1.807) is 0 Å². The van der Waals surface area contributed by atoms with Gasteiger partial charge in [-0.15, -0.1) is 5.10 Å². The maximum absolute atomic E-state index is 13.2. The van der Waals surface area contributed by atoms with E-state index in [2.05, 4.69) is 72.2 Å². The molecule has 2 aromatic heterocycles. The van der Waals surface area contributed by atoms with Crippen LogP contribution in [0.1, 0.15) is 64.5 Å². The third-order valence-electron chi connectivity index (χ3n) is 6.22. The molecule has 0 aliphatic carbocycles. The van der Waals surface area contributed by atoms with Gasteiger partial charge in [0, 0.05) is 29.6 Å². The summed E-state index contributed by atoms with van der Waals surface area (Å²) in [6.45, 7) is 14.3. The molecule has 0 aliphatic heterocycles. The lowest BCUT2D eigenvalue weighted by molar-refractivity contribution is 0.120. The Kier molecular flexibility index (Phi) is 7.54. The number of hydrogen-bond donors (Lipinski definition) is 1. The standard InChI is InChI=1S/C28H36N6O2/c1-7-36-23-13-14-24-21(16-23)15-22(27(35)29-24)18-33(17-20-11-9-8-10-12-20)25(19(2)3)26-30-31-32-34(26)28(4,5)6/h8-16,19,25H,7,17-18H2,1-6H3,(H,29,35)/t25-/m1/s1. The minimum absolute atomic E-state index is 0.0948. The minimum Gasteiger partial charge on any atom is -0.494 e. The van der Waals surface area contributed by atoms with Crippen LogP contribution >= 0.6 is 0 Å². The van der Waals surface area contributed by atoms with Crippen molar-refractivity contribution < 1.29 is 4.74 Å². The van der Waals surface area contributed by atoms with Crippen molar-refractivity contribution >= 4 is 10.9 Å². The lowest BCUT2D eigenvalue weighted by atomic mass is 9.98. The number of ether oxygens (including phenoxy) is 1. The van der Waals surface area contributed by atoms with Gasteiger partial charge in [-0.05, 0) is 73.9 Å². The second kappa shape index (κ2) is 10.6. The van der Waals surface area contributed by atoms with E-state index in [9.17, 15) is 4.79 Å². The van der Waals surface area contributed by atoms with Crippen molar-refractivity contribution in [3.05, 3.63) is 81.9 Å². The van der Waals surface area contributed by atoms with Crippen LogP contribution < -0.4 is 10.3 Å². The zero-order valence-corrected chi connectivity index (χ0v) is 22.0. The Bertz CT molecular complexity index is 1350. The van der Waals surface area contributed by atoms with Crippen molar-refractivity contribution in [1.29, 1.82) is 0 Å². The molecule has 8 heteroatoms. The van der Waals surface area contributed by atoms with E-state index in [0.717, 1.165) is 28.0 Å². The number of fused-ring (bicyclic) bond motifs is 1. The number of rotatable bonds is 9. The molecule has 8 nitrogen and oxygen atoms in total. The number of H-pyrrole nitrogens is 1. The van der Waals surface area contributed by atoms with E-state index in [4.69, 9.17) is 4.74 Å². The molecular weight excluding hydrogens is 452 g/mol. The lowest BCUT2D eigenvalue weighted by Crippen LogP contribution is -2.37. The average Bonchev–Trinajstić information content (AvgIpc) is 3.30. The molecule has 190 valence electrons. The number of aromatic amines is 1. The van der Waals surface area contributed by atoms with E-state index in [0.29, 0.717) is 25.3 Å². The number of nitrogens with one attached hydrogen (secondary N) is 1. The third-order valence-corrected chi connectivity index (χ3v) is 6.22. The maximum atomic E-state index is 13.2. The van der Waals surface area contributed by atoms with Crippen LogP contribution in [-0.2, 0) is 18.6 Å². The third kappa shape index (κ3) is 5.65. The highest BCUT2D eigenvalue weighted by Gasteiger charge is 2.32. The fraction of sp³-hybridized carbons (Fsp3) is 0.429. The molecule has 0 amide bonds. The molecule has 4 aromatic rings. The monoisotopic (exact) mass is 488 g/mol. The predicted molar refractivity (Wildman–Crippen MR) is 142 cm³/mol. The Hall–Kier alpha value is -3.52. The first kappa shape index (κ1) is 25.6. The summed E-state index contributed by atoms with van der Waals surface area (Å²) in [5.41, 5.74) is 2.27. The Labute approximate surface area is 212 Å². The van der Waals surface area contributed by atoms with Crippen molar-refractivity contribution in [3.8, 4) is 5.75 Å². The topological polar surface area (TPSA) is 88.9 Å². The van der Waals surface area contributed by atoms with Crippen molar-refractivity contribution in [2.75, 3.05) is 6.61 Å². The smallest absolute Gasteiger partial charge is 0.252 e. The van der Waals surface area contributed by atoms with Crippen molar-refractivity contribution in [3.63, 3.8) is 0 Å². The van der Waals surface area contributed by atoms with Crippen LogP contribution in [0.15, 0.2) is 59.4 Å². The molecule has 0 unspecified atom stereocenters. The van der Waals surface area contributed by atoms with Gasteiger partial charge in [0.1, 0.15) is 5.75 Å². The van der Waals surface area contributed by atoms with Gasteiger partial charge in [-0.3, -0.25) is 9.69 Å². The van der Waals surface area contributed by atoms with E-state index < -0.39 is 0 Å². The first-order chi connectivity index (χ1) is 17.2. The van der Waals surface area contributed by atoms with Gasteiger partial charge in [0.2, 0.25) is 0 Å². The van der Waals surface area contributed by atoms with Gasteiger partial charge in [0.25, 0.3) is 5.56 Å². The van der Waals surface area contributed by atoms with Crippen LogP contribution in [0.3, 0.4) is 0 Å². The summed E-state index contributed by atoms with van der Waals surface area (Å²) in [4.78, 5) is 18.5. The summed E-state index contributed by atoms with van der Waals surface area (Å²) in [5, 5.41) is 13.8. The number of hydrogen-bond acceptors (Lipinski definition) is 6. The SMILES string of the molecule is CCOc1ccc2[nH]c(=O)c(CN(Cc3ccccc3)[C@@H](c3nnnn3C(C)(C)C)C(C)C)cc2c1. The molecular formula is C28H36N6O2. The number of tetrazole rings is 1. The highest BCUT2D eigenvalue weighted by Crippen LogP contribution is 2.32. The molecule has 2 heterocycles. The molecule has 1 N–H and O–H groups in total. The summed E-state index contributed by atoms with van der Waals surface area (Å²) in [6, 6.07) is 17.9. The Balaban J connectivity index is 1.79. The second-order valence-electron chi connectivity index (χ2n) is 10.5. The fourth-order valence-corrected chi connectivity index (χ4v) is 4.63. The molecule has 0 saturated heterocycles. The second-order valence-corrected chi connectivity index (χ2v) is 10.5. The summed E-state index contributed by atoms with van der Waals surface area (Å²) in [6.07, 6.45) is 0. The quantitative estimate of drug-likeness (QED) is 0.354. The molecule has 0 aliphatic rings.